The third kappa shape index (κ3) is 4.23. The van der Waals surface area contributed by atoms with Crippen LogP contribution in [0.1, 0.15) is 30.9 Å². The molecule has 1 aliphatic heterocycles. The van der Waals surface area contributed by atoms with E-state index in [2.05, 4.69) is 16.0 Å². The van der Waals surface area contributed by atoms with Crippen molar-refractivity contribution >= 4 is 17.9 Å². The lowest BCUT2D eigenvalue weighted by Gasteiger charge is -2.28. The highest BCUT2D eigenvalue weighted by Gasteiger charge is 2.51. The fourth-order valence-electron chi connectivity index (χ4n) is 3.49. The summed E-state index contributed by atoms with van der Waals surface area (Å²) in [5, 5.41) is 17.1. The minimum atomic E-state index is -1.12. The van der Waals surface area contributed by atoms with Crippen LogP contribution >= 0.6 is 0 Å². The highest BCUT2D eigenvalue weighted by Crippen LogP contribution is 2.35. The van der Waals surface area contributed by atoms with Crippen LogP contribution in [0.15, 0.2) is 60.7 Å². The topological polar surface area (TPSA) is 97.3 Å². The summed E-state index contributed by atoms with van der Waals surface area (Å²) in [7, 11) is 0. The quantitative estimate of drug-likeness (QED) is 0.519. The van der Waals surface area contributed by atoms with Crippen LogP contribution in [-0.2, 0) is 10.3 Å². The van der Waals surface area contributed by atoms with Crippen molar-refractivity contribution in [3.05, 3.63) is 71.8 Å². The van der Waals surface area contributed by atoms with E-state index in [-0.39, 0.29) is 17.9 Å². The van der Waals surface area contributed by atoms with Gasteiger partial charge in [0.1, 0.15) is 0 Å². The molecule has 1 heterocycles. The number of urea groups is 1. The zero-order valence-electron chi connectivity index (χ0n) is 16.6. The summed E-state index contributed by atoms with van der Waals surface area (Å²) < 4.78 is 0. The Hall–Kier alpha value is -3.35. The number of nitrogens with one attached hydrogen (secondary N) is 4. The molecule has 3 amide bonds. The number of nitrogens with zero attached hydrogens (tertiary/aromatic N) is 1. The summed E-state index contributed by atoms with van der Waals surface area (Å²) in [6.07, 6.45) is 1.43. The van der Waals surface area contributed by atoms with Gasteiger partial charge in [0.05, 0.1) is 0 Å². The molecule has 1 fully saturated rings. The van der Waals surface area contributed by atoms with E-state index in [1.54, 1.807) is 0 Å². The number of rotatable bonds is 8. The van der Waals surface area contributed by atoms with Gasteiger partial charge in [0, 0.05) is 19.6 Å². The van der Waals surface area contributed by atoms with Crippen molar-refractivity contribution in [3.8, 4) is 0 Å². The van der Waals surface area contributed by atoms with Crippen molar-refractivity contribution in [3.63, 3.8) is 0 Å². The lowest BCUT2D eigenvalue weighted by atomic mass is 9.82. The van der Waals surface area contributed by atoms with Gasteiger partial charge in [0.25, 0.3) is 5.91 Å². The Kier molecular flexibility index (Phi) is 6.49. The molecule has 1 aliphatic rings. The van der Waals surface area contributed by atoms with Crippen molar-refractivity contribution in [2.24, 2.45) is 0 Å². The Morgan fingerprint density at radius 2 is 1.55 bits per heavy atom. The molecule has 2 aromatic rings. The van der Waals surface area contributed by atoms with Gasteiger partial charge in [-0.05, 0) is 24.0 Å². The van der Waals surface area contributed by atoms with Gasteiger partial charge < -0.3 is 16.0 Å². The first-order valence-electron chi connectivity index (χ1n) is 9.91. The van der Waals surface area contributed by atoms with Crippen molar-refractivity contribution in [2.45, 2.75) is 25.3 Å². The van der Waals surface area contributed by atoms with Crippen LogP contribution in [0.4, 0.5) is 4.79 Å². The zero-order chi connectivity index (χ0) is 20.7. The second-order valence-corrected chi connectivity index (χ2v) is 6.95. The molecular weight excluding hydrogens is 366 g/mol. The maximum absolute atomic E-state index is 13.5. The van der Waals surface area contributed by atoms with Gasteiger partial charge in [-0.2, -0.15) is 0 Å². The summed E-state index contributed by atoms with van der Waals surface area (Å²) >= 11 is 0. The lowest BCUT2D eigenvalue weighted by molar-refractivity contribution is -0.130. The molecule has 0 unspecified atom stereocenters. The second kappa shape index (κ2) is 9.23. The van der Waals surface area contributed by atoms with Crippen molar-refractivity contribution < 1.29 is 9.59 Å². The van der Waals surface area contributed by atoms with Gasteiger partial charge >= 0.3 is 6.03 Å². The SMILES string of the molecule is CCCNC(=O)NCCCN1C(=N)NC(c2ccccc2)(c2ccccc2)C1=O. The minimum absolute atomic E-state index is 0.0677. The molecule has 0 saturated carbocycles. The monoisotopic (exact) mass is 393 g/mol. The highest BCUT2D eigenvalue weighted by atomic mass is 16.2. The van der Waals surface area contributed by atoms with E-state index in [9.17, 15) is 9.59 Å². The number of guanidine groups is 1. The molecule has 1 saturated heterocycles. The van der Waals surface area contributed by atoms with E-state index in [4.69, 9.17) is 5.41 Å². The standard InChI is InChI=1S/C22H27N5O2/c1-2-14-24-21(29)25-15-9-16-27-19(28)22(26-20(27)23,17-10-5-3-6-11-17)18-12-7-4-8-13-18/h3-8,10-13H,2,9,14-16H2,1H3,(H2,23,26)(H2,24,25,29). The second-order valence-electron chi connectivity index (χ2n) is 6.95. The third-order valence-electron chi connectivity index (χ3n) is 4.93. The average Bonchev–Trinajstić information content (AvgIpc) is 3.02. The maximum atomic E-state index is 13.5. The Balaban J connectivity index is 1.75. The number of amides is 3. The van der Waals surface area contributed by atoms with Crippen LogP contribution in [0, 0.1) is 5.41 Å². The van der Waals surface area contributed by atoms with E-state index < -0.39 is 5.54 Å². The van der Waals surface area contributed by atoms with E-state index >= 15 is 0 Å². The summed E-state index contributed by atoms with van der Waals surface area (Å²) in [4.78, 5) is 26.6. The molecule has 2 aromatic carbocycles. The van der Waals surface area contributed by atoms with Gasteiger partial charge in [-0.3, -0.25) is 15.1 Å². The summed E-state index contributed by atoms with van der Waals surface area (Å²) in [5.41, 5.74) is 0.465. The van der Waals surface area contributed by atoms with Crippen LogP contribution in [0.2, 0.25) is 0 Å². The molecular formula is C22H27N5O2. The van der Waals surface area contributed by atoms with Gasteiger partial charge in [0.15, 0.2) is 11.5 Å². The molecule has 0 spiro atoms. The van der Waals surface area contributed by atoms with Crippen LogP contribution in [0.5, 0.6) is 0 Å². The Bertz CT molecular complexity index is 815. The fraction of sp³-hybridized carbons (Fsp3) is 0.318. The molecule has 3 rings (SSSR count). The smallest absolute Gasteiger partial charge is 0.314 e. The fourth-order valence-corrected chi connectivity index (χ4v) is 3.49. The number of benzene rings is 2. The summed E-state index contributed by atoms with van der Waals surface area (Å²) in [5.74, 6) is -0.117. The molecule has 152 valence electrons. The Morgan fingerprint density at radius 3 is 2.10 bits per heavy atom. The van der Waals surface area contributed by atoms with Gasteiger partial charge in [0.2, 0.25) is 0 Å². The first-order valence-corrected chi connectivity index (χ1v) is 9.91. The first-order chi connectivity index (χ1) is 14.1. The van der Waals surface area contributed by atoms with E-state index in [0.29, 0.717) is 26.1 Å². The molecule has 29 heavy (non-hydrogen) atoms. The normalized spacial score (nSPS) is 15.1. The molecule has 4 N–H and O–H groups in total. The third-order valence-corrected chi connectivity index (χ3v) is 4.93. The molecule has 7 heteroatoms. The Labute approximate surface area is 171 Å². The van der Waals surface area contributed by atoms with Gasteiger partial charge in [-0.1, -0.05) is 67.6 Å². The molecule has 0 radical (unpaired) electrons. The van der Waals surface area contributed by atoms with Crippen molar-refractivity contribution in [1.82, 2.24) is 20.9 Å². The predicted octanol–water partition coefficient (Wildman–Crippen LogP) is 2.40. The average molecular weight is 393 g/mol. The number of hydrogen-bond donors (Lipinski definition) is 4. The van der Waals surface area contributed by atoms with Crippen molar-refractivity contribution in [1.29, 1.82) is 5.41 Å². The predicted molar refractivity (Wildman–Crippen MR) is 113 cm³/mol. The van der Waals surface area contributed by atoms with E-state index in [1.807, 2.05) is 67.6 Å². The Morgan fingerprint density at radius 1 is 1.00 bits per heavy atom. The van der Waals surface area contributed by atoms with Crippen molar-refractivity contribution in [2.75, 3.05) is 19.6 Å². The maximum Gasteiger partial charge on any atom is 0.314 e. The molecule has 7 nitrogen and oxygen atoms in total. The van der Waals surface area contributed by atoms with E-state index in [1.165, 1.54) is 4.90 Å². The molecule has 0 atom stereocenters. The van der Waals surface area contributed by atoms with Gasteiger partial charge in [-0.15, -0.1) is 0 Å². The van der Waals surface area contributed by atoms with Crippen LogP contribution in [0.3, 0.4) is 0 Å². The van der Waals surface area contributed by atoms with Crippen LogP contribution < -0.4 is 16.0 Å². The molecule has 0 aliphatic carbocycles. The summed E-state index contributed by atoms with van der Waals surface area (Å²) in [6.45, 7) is 3.39. The van der Waals surface area contributed by atoms with E-state index in [0.717, 1.165) is 17.5 Å². The lowest BCUT2D eigenvalue weighted by Crippen LogP contribution is -2.45. The number of carbonyl (C=O) groups is 2. The number of hydrogen-bond acceptors (Lipinski definition) is 3. The largest absolute Gasteiger partial charge is 0.338 e. The molecule has 0 bridgehead atoms. The highest BCUT2D eigenvalue weighted by molar-refractivity contribution is 6.10. The number of carbonyl (C=O) groups excluding carboxylic acids is 2. The minimum Gasteiger partial charge on any atom is -0.338 e. The van der Waals surface area contributed by atoms with Crippen LogP contribution in [-0.4, -0.2) is 42.4 Å². The van der Waals surface area contributed by atoms with Crippen LogP contribution in [0.25, 0.3) is 0 Å². The first kappa shape index (κ1) is 20.4. The zero-order valence-corrected chi connectivity index (χ0v) is 16.6. The summed E-state index contributed by atoms with van der Waals surface area (Å²) in [6, 6.07) is 18.7. The molecule has 0 aromatic heterocycles. The van der Waals surface area contributed by atoms with Gasteiger partial charge in [-0.25, -0.2) is 4.79 Å².